The molecule has 2 N–H and O–H groups in total. The molecule has 9 fully saturated rings. The first-order chi connectivity index (χ1) is 47.1. The smallest absolute Gasteiger partial charge is 0.00204 e. The highest BCUT2D eigenvalue weighted by Gasteiger charge is 2.31. The van der Waals surface area contributed by atoms with Crippen molar-refractivity contribution in [2.45, 2.75) is 475 Å². The fraction of sp³-hybridized carbons (Fsp3) is 1.00. The second-order valence-corrected chi connectivity index (χ2v) is 43.0. The van der Waals surface area contributed by atoms with Crippen LogP contribution in [-0.2, 0) is 0 Å². The average Bonchev–Trinajstić information content (AvgIpc) is 0.861. The van der Waals surface area contributed by atoms with Crippen LogP contribution in [0.4, 0.5) is 0 Å². The molecule has 0 radical (unpaired) electrons. The van der Waals surface area contributed by atoms with Crippen molar-refractivity contribution in [3.8, 4) is 0 Å². The van der Waals surface area contributed by atoms with Crippen LogP contribution >= 0.6 is 0 Å². The summed E-state index contributed by atoms with van der Waals surface area (Å²) in [5, 5.41) is 0. The molecule has 0 bridgehead atoms. The lowest BCUT2D eigenvalue weighted by molar-refractivity contribution is 0.159. The average molecular weight is 1400 g/mol. The number of hydrogen-bond donors (Lipinski definition) is 1. The summed E-state index contributed by atoms with van der Waals surface area (Å²) in [6, 6.07) is 0. The van der Waals surface area contributed by atoms with Crippen molar-refractivity contribution < 1.29 is 0 Å². The molecule has 1 heteroatoms. The number of rotatable bonds is 19. The van der Waals surface area contributed by atoms with E-state index in [0.29, 0.717) is 5.41 Å². The van der Waals surface area contributed by atoms with Gasteiger partial charge < -0.3 is 5.73 Å². The molecule has 100 heavy (non-hydrogen) atoms. The zero-order chi connectivity index (χ0) is 75.2. The molecule has 10 atom stereocenters. The van der Waals surface area contributed by atoms with Crippen LogP contribution in [-0.4, -0.2) is 6.54 Å². The van der Waals surface area contributed by atoms with Crippen LogP contribution in [0, 0.1) is 153 Å². The Labute approximate surface area is 637 Å². The van der Waals surface area contributed by atoms with Crippen LogP contribution in [0.3, 0.4) is 0 Å². The van der Waals surface area contributed by atoms with Gasteiger partial charge in [-0.05, 0) is 263 Å². The van der Waals surface area contributed by atoms with E-state index in [-0.39, 0.29) is 0 Å². The van der Waals surface area contributed by atoms with E-state index in [4.69, 9.17) is 5.73 Å². The Morgan fingerprint density at radius 1 is 0.210 bits per heavy atom. The van der Waals surface area contributed by atoms with Crippen LogP contribution in [0.2, 0.25) is 0 Å². The molecule has 0 amide bonds. The molecule has 9 aliphatic rings. The monoisotopic (exact) mass is 1400 g/mol. The van der Waals surface area contributed by atoms with E-state index in [1.54, 1.807) is 0 Å². The van der Waals surface area contributed by atoms with E-state index < -0.39 is 0 Å². The van der Waals surface area contributed by atoms with Gasteiger partial charge in [0.05, 0.1) is 0 Å². The van der Waals surface area contributed by atoms with Crippen molar-refractivity contribution in [2.75, 3.05) is 6.54 Å². The minimum absolute atomic E-state index is 0.520. The summed E-state index contributed by atoms with van der Waals surface area (Å²) in [6.45, 7) is 62.3. The Kier molecular flexibility index (Phi) is 56.8. The minimum atomic E-state index is 0.520. The maximum absolute atomic E-state index is 5.89. The predicted molar refractivity (Wildman–Crippen MR) is 459 cm³/mol. The minimum Gasteiger partial charge on any atom is -0.330 e. The van der Waals surface area contributed by atoms with Gasteiger partial charge in [-0.1, -0.05) is 373 Å². The normalized spacial score (nSPS) is 31.6. The first kappa shape index (κ1) is 98.0. The van der Waals surface area contributed by atoms with Gasteiger partial charge in [0.1, 0.15) is 0 Å². The third-order valence-corrected chi connectivity index (χ3v) is 26.3. The van der Waals surface area contributed by atoms with Crippen molar-refractivity contribution in [2.24, 2.45) is 159 Å². The summed E-state index contributed by atoms with van der Waals surface area (Å²) in [6.07, 6.45) is 67.8. The summed E-state index contributed by atoms with van der Waals surface area (Å²) >= 11 is 0. The van der Waals surface area contributed by atoms with Gasteiger partial charge in [0.25, 0.3) is 0 Å². The maximum atomic E-state index is 5.89. The highest BCUT2D eigenvalue weighted by atomic mass is 14.6. The van der Waals surface area contributed by atoms with E-state index in [1.165, 1.54) is 295 Å². The zero-order valence-corrected chi connectivity index (χ0v) is 74.7. The molecule has 0 aliphatic heterocycles. The van der Waals surface area contributed by atoms with Crippen LogP contribution in [0.15, 0.2) is 0 Å². The highest BCUT2D eigenvalue weighted by molar-refractivity contribution is 4.85. The summed E-state index contributed by atoms with van der Waals surface area (Å²) < 4.78 is 0. The van der Waals surface area contributed by atoms with Gasteiger partial charge in [-0.2, -0.15) is 0 Å². The van der Waals surface area contributed by atoms with Gasteiger partial charge in [-0.3, -0.25) is 0 Å². The van der Waals surface area contributed by atoms with Gasteiger partial charge in [0.2, 0.25) is 0 Å². The first-order valence-electron chi connectivity index (χ1n) is 46.8. The summed E-state index contributed by atoms with van der Waals surface area (Å²) in [4.78, 5) is 0. The maximum Gasteiger partial charge on any atom is -0.00204 e. The van der Waals surface area contributed by atoms with Gasteiger partial charge in [0, 0.05) is 0 Å². The molecule has 0 saturated heterocycles. The molecule has 600 valence electrons. The lowest BCUT2D eigenvalue weighted by atomic mass is 9.69. The molecule has 9 saturated carbocycles. The van der Waals surface area contributed by atoms with Crippen molar-refractivity contribution in [3.05, 3.63) is 0 Å². The van der Waals surface area contributed by atoms with Gasteiger partial charge in [0.15, 0.2) is 0 Å². The van der Waals surface area contributed by atoms with Gasteiger partial charge in [-0.15, -0.1) is 0 Å². The lowest BCUT2D eigenvalue weighted by Crippen LogP contribution is -2.34. The van der Waals surface area contributed by atoms with E-state index >= 15 is 0 Å². The standard InChI is InChI=1S/C11H23N.8C11H22/c1-10(2)8-11(9-12)6-4-3-5-7-11;3*1-9(2)8-11-6-4-10(3)5-7-11;5*1-9(2)7-11-6-4-5-10(3)8-11/h10H,3-9,12H2,1-2H3;8*9-11H,4-8H2,1-3H3/t;;;;2*10-,11+;2*10-,11-;/m....1010./s1. The van der Waals surface area contributed by atoms with Crippen LogP contribution in [0.25, 0.3) is 0 Å². The fourth-order valence-electron chi connectivity index (χ4n) is 21.6. The van der Waals surface area contributed by atoms with Crippen molar-refractivity contribution in [1.29, 1.82) is 0 Å². The van der Waals surface area contributed by atoms with Crippen molar-refractivity contribution >= 4 is 0 Å². The predicted octanol–water partition coefficient (Wildman–Crippen LogP) is 33.8. The third-order valence-electron chi connectivity index (χ3n) is 26.3. The Bertz CT molecular complexity index is 1510. The SMILES string of the molecule is CC(C)CC1(CN)CCCCC1.CC(C)CC1CCC(C)CC1.CC(C)CC1CCC(C)CC1.CC(C)CC1CCC(C)CC1.CC(C)CC1CCCC(C)C1.CC(C)C[C@@H]1CCC[C@@H](C)C1.CC(C)C[C@@H]1CCC[C@H](C)C1.CC(C)C[C@H]1CCC[C@@H](C)C1.CC(C)C[C@H]1CCC[C@H](C)C1. The Balaban J connectivity index is 0.000000563. The lowest BCUT2D eigenvalue weighted by Gasteiger charge is -2.37. The summed E-state index contributed by atoms with van der Waals surface area (Å²) in [5.74, 6) is 24.6. The second-order valence-electron chi connectivity index (χ2n) is 43.0. The topological polar surface area (TPSA) is 26.0 Å². The van der Waals surface area contributed by atoms with E-state index in [0.717, 1.165) is 154 Å². The molecular formula is C99H199N. The largest absolute Gasteiger partial charge is 0.330 e. The quantitative estimate of drug-likeness (QED) is 0.137. The summed E-state index contributed by atoms with van der Waals surface area (Å²) in [7, 11) is 0. The van der Waals surface area contributed by atoms with Crippen LogP contribution in [0.1, 0.15) is 475 Å². The Hall–Kier alpha value is -0.0400. The molecule has 9 aliphatic carbocycles. The van der Waals surface area contributed by atoms with E-state index in [1.807, 2.05) is 0 Å². The molecule has 0 aromatic carbocycles. The van der Waals surface area contributed by atoms with Gasteiger partial charge >= 0.3 is 0 Å². The second kappa shape index (κ2) is 58.0. The van der Waals surface area contributed by atoms with E-state index in [9.17, 15) is 0 Å². The molecule has 2 unspecified atom stereocenters. The number of nitrogens with two attached hydrogens (primary N) is 1. The first-order valence-corrected chi connectivity index (χ1v) is 46.8. The Morgan fingerprint density at radius 3 is 0.560 bits per heavy atom. The van der Waals surface area contributed by atoms with E-state index in [2.05, 4.69) is 180 Å². The molecule has 0 heterocycles. The molecule has 1 nitrogen and oxygen atoms in total. The summed E-state index contributed by atoms with van der Waals surface area (Å²) in [5.41, 5.74) is 6.41. The highest BCUT2D eigenvalue weighted by Crippen LogP contribution is 2.42. The van der Waals surface area contributed by atoms with Gasteiger partial charge in [-0.25, -0.2) is 0 Å². The molecule has 0 spiro atoms. The zero-order valence-electron chi connectivity index (χ0n) is 74.7. The van der Waals surface area contributed by atoms with Crippen molar-refractivity contribution in [3.63, 3.8) is 0 Å². The third kappa shape index (κ3) is 54.5. The molecular weight excluding hydrogens is 1200 g/mol. The van der Waals surface area contributed by atoms with Crippen molar-refractivity contribution in [1.82, 2.24) is 0 Å². The molecule has 0 aromatic heterocycles. The Morgan fingerprint density at radius 2 is 0.400 bits per heavy atom. The van der Waals surface area contributed by atoms with Crippen LogP contribution in [0.5, 0.6) is 0 Å². The molecule has 9 rings (SSSR count). The number of hydrogen-bond acceptors (Lipinski definition) is 1. The molecule has 0 aromatic rings. The fourth-order valence-corrected chi connectivity index (χ4v) is 21.6. The van der Waals surface area contributed by atoms with Crippen LogP contribution < -0.4 is 5.73 Å².